The fourth-order valence-corrected chi connectivity index (χ4v) is 5.59. The number of piperidine rings is 1. The Morgan fingerprint density at radius 1 is 1.39 bits per heavy atom. The number of carbonyl (C=O) groups is 2. The predicted octanol–water partition coefficient (Wildman–Crippen LogP) is 0.964. The number of thiazole rings is 1. The average Bonchev–Trinajstić information content (AvgIpc) is 3.33. The lowest BCUT2D eigenvalue weighted by molar-refractivity contribution is -0.136. The average molecular weight is 484 g/mol. The Balaban J connectivity index is 1.66. The highest BCUT2D eigenvalue weighted by molar-refractivity contribution is 7.11. The number of aromatic nitrogens is 1. The van der Waals surface area contributed by atoms with Gasteiger partial charge in [-0.2, -0.15) is 0 Å². The topological polar surface area (TPSA) is 157 Å². The maximum absolute atomic E-state index is 15.1. The first-order valence-corrected chi connectivity index (χ1v) is 11.1. The maximum atomic E-state index is 15.1. The SMILES string of the molecule is COC(=O)C1=C(CN2C3C[C@H](CC(=O)N=O)C[C@@]2(N)C(F)(F)C3)N(N)C(c2nccs2)=NC1. The van der Waals surface area contributed by atoms with Crippen LogP contribution in [0.2, 0.25) is 0 Å². The monoisotopic (exact) mass is 483 g/mol. The van der Waals surface area contributed by atoms with Gasteiger partial charge in [0.1, 0.15) is 5.66 Å². The first-order valence-electron chi connectivity index (χ1n) is 10.2. The molecule has 3 aliphatic rings. The Labute approximate surface area is 191 Å². The number of esters is 1. The molecule has 0 spiro atoms. The molecule has 0 aliphatic carbocycles. The number of hydrogen-bond acceptors (Lipinski definition) is 11. The molecule has 33 heavy (non-hydrogen) atoms. The lowest BCUT2D eigenvalue weighted by Gasteiger charge is -2.47. The van der Waals surface area contributed by atoms with Gasteiger partial charge >= 0.3 is 5.97 Å². The quantitative estimate of drug-likeness (QED) is 0.342. The molecule has 2 bridgehead atoms. The number of hydrazine groups is 1. The molecule has 2 saturated heterocycles. The van der Waals surface area contributed by atoms with E-state index >= 15 is 8.78 Å². The van der Waals surface area contributed by atoms with Crippen molar-refractivity contribution in [3.05, 3.63) is 32.8 Å². The number of ether oxygens (including phenoxy) is 1. The van der Waals surface area contributed by atoms with E-state index in [2.05, 4.69) is 15.2 Å². The fraction of sp³-hybridized carbons (Fsp3) is 0.579. The summed E-state index contributed by atoms with van der Waals surface area (Å²) in [6, 6.07) is -0.690. The molecule has 1 amide bonds. The largest absolute Gasteiger partial charge is 0.466 e. The molecule has 2 fully saturated rings. The summed E-state index contributed by atoms with van der Waals surface area (Å²) < 4.78 is 35.0. The molecule has 11 nitrogen and oxygen atoms in total. The van der Waals surface area contributed by atoms with Gasteiger partial charge in [-0.05, 0) is 18.8 Å². The summed E-state index contributed by atoms with van der Waals surface area (Å²) in [5, 5.41) is 5.79. The summed E-state index contributed by atoms with van der Waals surface area (Å²) in [7, 11) is 1.21. The van der Waals surface area contributed by atoms with Crippen molar-refractivity contribution < 1.29 is 23.1 Å². The second-order valence-corrected chi connectivity index (χ2v) is 9.27. The lowest BCUT2D eigenvalue weighted by atomic mass is 9.84. The van der Waals surface area contributed by atoms with Gasteiger partial charge in [-0.15, -0.1) is 16.2 Å². The molecule has 0 saturated carbocycles. The van der Waals surface area contributed by atoms with Crippen molar-refractivity contribution >= 4 is 29.0 Å². The summed E-state index contributed by atoms with van der Waals surface area (Å²) in [5.74, 6) is 1.28. The number of alkyl halides is 2. The summed E-state index contributed by atoms with van der Waals surface area (Å²) in [4.78, 5) is 44.4. The zero-order chi connectivity index (χ0) is 24.0. The van der Waals surface area contributed by atoms with Gasteiger partial charge in [-0.3, -0.25) is 19.7 Å². The number of carbonyl (C=O) groups excluding carboxylic acids is 2. The molecule has 4 N–H and O–H groups in total. The number of rotatable bonds is 6. The minimum Gasteiger partial charge on any atom is -0.466 e. The van der Waals surface area contributed by atoms with Crippen LogP contribution in [-0.2, 0) is 14.3 Å². The van der Waals surface area contributed by atoms with Crippen LogP contribution in [0.3, 0.4) is 0 Å². The second kappa shape index (κ2) is 8.59. The van der Waals surface area contributed by atoms with Crippen LogP contribution < -0.4 is 11.6 Å². The van der Waals surface area contributed by atoms with E-state index in [1.165, 1.54) is 28.4 Å². The maximum Gasteiger partial charge on any atom is 0.337 e. The second-order valence-electron chi connectivity index (χ2n) is 8.37. The van der Waals surface area contributed by atoms with Gasteiger partial charge in [0.05, 0.1) is 24.9 Å². The van der Waals surface area contributed by atoms with Crippen molar-refractivity contribution in [3.63, 3.8) is 0 Å². The molecule has 1 aromatic heterocycles. The predicted molar refractivity (Wildman–Crippen MR) is 114 cm³/mol. The lowest BCUT2D eigenvalue weighted by Crippen LogP contribution is -2.66. The smallest absolute Gasteiger partial charge is 0.337 e. The van der Waals surface area contributed by atoms with Crippen molar-refractivity contribution in [1.29, 1.82) is 0 Å². The number of amides is 1. The number of aliphatic imine (C=N–C) groups is 1. The van der Waals surface area contributed by atoms with E-state index in [1.807, 2.05) is 0 Å². The Kier molecular flexibility index (Phi) is 6.11. The molecule has 14 heteroatoms. The van der Waals surface area contributed by atoms with Crippen LogP contribution in [0.5, 0.6) is 0 Å². The number of amidine groups is 1. The molecule has 4 rings (SSSR count). The zero-order valence-corrected chi connectivity index (χ0v) is 18.6. The Hall–Kier alpha value is -2.68. The van der Waals surface area contributed by atoms with Crippen molar-refractivity contribution in [2.75, 3.05) is 20.2 Å². The number of nitrogens with two attached hydrogens (primary N) is 2. The van der Waals surface area contributed by atoms with Crippen molar-refractivity contribution in [3.8, 4) is 0 Å². The van der Waals surface area contributed by atoms with E-state index in [1.54, 1.807) is 11.6 Å². The van der Waals surface area contributed by atoms with Crippen LogP contribution in [0.4, 0.5) is 8.78 Å². The van der Waals surface area contributed by atoms with Gasteiger partial charge in [0.25, 0.3) is 11.8 Å². The van der Waals surface area contributed by atoms with Gasteiger partial charge in [0, 0.05) is 42.2 Å². The van der Waals surface area contributed by atoms with E-state index in [4.69, 9.17) is 16.3 Å². The Morgan fingerprint density at radius 3 is 2.76 bits per heavy atom. The minimum atomic E-state index is -3.25. The fourth-order valence-electron chi connectivity index (χ4n) is 4.95. The van der Waals surface area contributed by atoms with E-state index in [-0.39, 0.29) is 43.6 Å². The van der Waals surface area contributed by atoms with E-state index in [0.717, 1.165) is 0 Å². The number of halogens is 2. The van der Waals surface area contributed by atoms with Crippen LogP contribution in [0.1, 0.15) is 30.7 Å². The third-order valence-corrected chi connectivity index (χ3v) is 7.25. The highest BCUT2D eigenvalue weighted by atomic mass is 32.1. The molecule has 3 aliphatic heterocycles. The van der Waals surface area contributed by atoms with Crippen LogP contribution >= 0.6 is 11.3 Å². The minimum absolute atomic E-state index is 0.0563. The van der Waals surface area contributed by atoms with Crippen LogP contribution in [0, 0.1) is 10.8 Å². The highest BCUT2D eigenvalue weighted by Crippen LogP contribution is 2.53. The first kappa shape index (κ1) is 23.5. The number of nitrogens with zero attached hydrogens (tertiary/aromatic N) is 5. The summed E-state index contributed by atoms with van der Waals surface area (Å²) >= 11 is 1.29. The number of hydrogen-bond donors (Lipinski definition) is 2. The van der Waals surface area contributed by atoms with E-state index in [9.17, 15) is 14.5 Å². The van der Waals surface area contributed by atoms with Crippen LogP contribution in [-0.4, -0.2) is 70.4 Å². The van der Waals surface area contributed by atoms with Crippen molar-refractivity contribution in [2.24, 2.45) is 27.7 Å². The third-order valence-electron chi connectivity index (χ3n) is 6.48. The summed E-state index contributed by atoms with van der Waals surface area (Å²) in [5.41, 5.74) is 4.58. The van der Waals surface area contributed by atoms with Crippen molar-refractivity contribution in [2.45, 2.75) is 43.3 Å². The highest BCUT2D eigenvalue weighted by Gasteiger charge is 2.66. The Morgan fingerprint density at radius 2 is 2.15 bits per heavy atom. The summed E-state index contributed by atoms with van der Waals surface area (Å²) in [6.07, 6.45) is 0.848. The first-order chi connectivity index (χ1) is 15.6. The molecule has 0 aromatic carbocycles. The molecule has 178 valence electrons. The van der Waals surface area contributed by atoms with Crippen LogP contribution in [0.25, 0.3) is 0 Å². The molecule has 1 unspecified atom stereocenters. The van der Waals surface area contributed by atoms with E-state index < -0.39 is 41.8 Å². The number of methoxy groups -OCH3 is 1. The molecule has 4 heterocycles. The number of nitroso groups, excluding NO2 is 1. The van der Waals surface area contributed by atoms with Gasteiger partial charge in [-0.25, -0.2) is 24.4 Å². The Bertz CT molecular complexity index is 1030. The van der Waals surface area contributed by atoms with E-state index in [0.29, 0.717) is 10.8 Å². The molecule has 3 atom stereocenters. The standard InChI is InChI=1S/C19H23F2N7O4S/c1-32-17(30)12-8-25-15(16-24-2-3-33-16)28(23)13(12)9-27-11-4-10(5-14(29)26-31)6-19(27,22)18(20,21)7-11/h2-3,10-11H,4-9,22-23H2,1H3/t10-,11?,19+/m1/s1. The molecular weight excluding hydrogens is 460 g/mol. The van der Waals surface area contributed by atoms with Gasteiger partial charge in [-0.1, -0.05) is 0 Å². The zero-order valence-electron chi connectivity index (χ0n) is 17.7. The van der Waals surface area contributed by atoms with Crippen molar-refractivity contribution in [1.82, 2.24) is 14.9 Å². The van der Waals surface area contributed by atoms with Gasteiger partial charge < -0.3 is 10.5 Å². The normalized spacial score (nSPS) is 29.1. The molecular formula is C19H23F2N7O4S. The summed E-state index contributed by atoms with van der Waals surface area (Å²) in [6.45, 7) is -0.214. The molecule has 0 radical (unpaired) electrons. The third kappa shape index (κ3) is 3.96. The van der Waals surface area contributed by atoms with Gasteiger partial charge in [0.2, 0.25) is 0 Å². The van der Waals surface area contributed by atoms with Gasteiger partial charge in [0.15, 0.2) is 10.8 Å². The van der Waals surface area contributed by atoms with Crippen LogP contribution in [0.15, 0.2) is 33.0 Å². The number of fused-ring (bicyclic) bond motifs is 2. The molecule has 1 aromatic rings.